The third-order valence-electron chi connectivity index (χ3n) is 1.26. The summed E-state index contributed by atoms with van der Waals surface area (Å²) in [5, 5.41) is -5.67. The van der Waals surface area contributed by atoms with Gasteiger partial charge in [-0.15, -0.1) is 0 Å². The van der Waals surface area contributed by atoms with E-state index in [1.807, 2.05) is 0 Å². The fourth-order valence-corrected chi connectivity index (χ4v) is 0.619. The quantitative estimate of drug-likeness (QED) is 0.413. The van der Waals surface area contributed by atoms with Crippen LogP contribution in [0.5, 0.6) is 0 Å². The van der Waals surface area contributed by atoms with Gasteiger partial charge in [-0.05, 0) is 17.7 Å². The molecule has 10 heteroatoms. The van der Waals surface area contributed by atoms with Crippen LogP contribution in [0.4, 0.5) is 39.5 Å². The van der Waals surface area contributed by atoms with Gasteiger partial charge in [0, 0.05) is 6.08 Å². The second-order valence-corrected chi connectivity index (χ2v) is 3.04. The summed E-state index contributed by atoms with van der Waals surface area (Å²) < 4.78 is 107. The van der Waals surface area contributed by atoms with E-state index in [-0.39, 0.29) is 0 Å². The smallest absolute Gasteiger partial charge is 0.195 e. The summed E-state index contributed by atoms with van der Waals surface area (Å²) in [6, 6.07) is 0. The molecule has 96 valence electrons. The first-order valence-corrected chi connectivity index (χ1v) is 3.68. The largest absolute Gasteiger partial charge is 0.409 e. The monoisotopic (exact) mass is 280 g/mol. The number of halogens is 10. The zero-order valence-electron chi connectivity index (χ0n) is 6.93. The molecule has 0 aromatic rings. The molecule has 0 aliphatic heterocycles. The van der Waals surface area contributed by atoms with Crippen LogP contribution in [0.3, 0.4) is 0 Å². The van der Waals surface area contributed by atoms with Gasteiger partial charge in [-0.2, -0.15) is 39.5 Å². The first-order chi connectivity index (χ1) is 6.71. The predicted molar refractivity (Wildman–Crippen MR) is 35.9 cm³/mol. The summed E-state index contributed by atoms with van der Waals surface area (Å²) in [6.45, 7) is 0. The molecule has 0 aromatic heterocycles. The Labute approximate surface area is 87.7 Å². The van der Waals surface area contributed by atoms with Crippen molar-refractivity contribution in [3.05, 3.63) is 12.2 Å². The molecule has 0 spiro atoms. The van der Waals surface area contributed by atoms with Gasteiger partial charge in [-0.1, -0.05) is 0 Å². The zero-order chi connectivity index (χ0) is 13.4. The summed E-state index contributed by atoms with van der Waals surface area (Å²) >= 11 is 3.68. The van der Waals surface area contributed by atoms with E-state index in [0.717, 1.165) is 0 Å². The van der Waals surface area contributed by atoms with Crippen molar-refractivity contribution in [1.82, 2.24) is 0 Å². The Kier molecular flexibility index (Phi) is 3.86. The molecular formula is C6H2ClF9. The lowest BCUT2D eigenvalue weighted by atomic mass is 10.1. The molecule has 0 saturated heterocycles. The van der Waals surface area contributed by atoms with Gasteiger partial charge in [0.2, 0.25) is 0 Å². The third-order valence-corrected chi connectivity index (χ3v) is 1.49. The first-order valence-electron chi connectivity index (χ1n) is 3.30. The number of allylic oxidation sites excluding steroid dienone is 2. The lowest BCUT2D eigenvalue weighted by Gasteiger charge is -2.27. The lowest BCUT2D eigenvalue weighted by molar-refractivity contribution is -0.260. The summed E-state index contributed by atoms with van der Waals surface area (Å²) in [5.41, 5.74) is 0. The Morgan fingerprint density at radius 1 is 0.688 bits per heavy atom. The maximum absolute atomic E-state index is 12.3. The Bertz CT molecular complexity index is 271. The normalized spacial score (nSPS) is 15.9. The van der Waals surface area contributed by atoms with Crippen LogP contribution in [0.25, 0.3) is 0 Å². The molecule has 0 aromatic carbocycles. The highest BCUT2D eigenvalue weighted by atomic mass is 35.5. The molecule has 0 bridgehead atoms. The van der Waals surface area contributed by atoms with E-state index >= 15 is 0 Å². The number of hydrogen-bond donors (Lipinski definition) is 0. The average Bonchev–Trinajstić information content (AvgIpc) is 1.97. The summed E-state index contributed by atoms with van der Waals surface area (Å²) in [7, 11) is 0. The average molecular weight is 281 g/mol. The molecule has 0 aliphatic rings. The van der Waals surface area contributed by atoms with E-state index in [4.69, 9.17) is 0 Å². The van der Waals surface area contributed by atoms with Crippen molar-refractivity contribution in [3.8, 4) is 0 Å². The fraction of sp³-hybridized carbons (Fsp3) is 0.667. The van der Waals surface area contributed by atoms with E-state index < -0.39 is 35.6 Å². The van der Waals surface area contributed by atoms with Crippen LogP contribution in [0.2, 0.25) is 0 Å². The third kappa shape index (κ3) is 3.46. The van der Waals surface area contributed by atoms with Gasteiger partial charge >= 0.3 is 23.4 Å². The minimum atomic E-state index is -6.14. The van der Waals surface area contributed by atoms with Gasteiger partial charge in [0.1, 0.15) is 0 Å². The molecule has 0 rings (SSSR count). The highest BCUT2D eigenvalue weighted by molar-refractivity contribution is 6.22. The molecular weight excluding hydrogens is 279 g/mol. The van der Waals surface area contributed by atoms with Crippen LogP contribution >= 0.6 is 11.6 Å². The van der Waals surface area contributed by atoms with E-state index in [9.17, 15) is 39.5 Å². The van der Waals surface area contributed by atoms with Gasteiger partial charge in [-0.25, -0.2) is 0 Å². The molecule has 16 heavy (non-hydrogen) atoms. The Balaban J connectivity index is 5.15. The molecule has 0 atom stereocenters. The van der Waals surface area contributed by atoms with Crippen LogP contribution in [-0.2, 0) is 0 Å². The number of rotatable bonds is 3. The van der Waals surface area contributed by atoms with Crippen LogP contribution < -0.4 is 0 Å². The highest BCUT2D eigenvalue weighted by Gasteiger charge is 2.70. The molecule has 0 unspecified atom stereocenters. The Morgan fingerprint density at radius 3 is 1.31 bits per heavy atom. The fourth-order valence-electron chi connectivity index (χ4n) is 0.493. The van der Waals surface area contributed by atoms with Crippen molar-refractivity contribution in [1.29, 1.82) is 0 Å². The SMILES string of the molecule is FC(F)(F)C=CC(F)(F)C(F)(F)C(F)(F)Cl. The first kappa shape index (κ1) is 15.4. The van der Waals surface area contributed by atoms with Gasteiger partial charge in [-0.3, -0.25) is 0 Å². The van der Waals surface area contributed by atoms with E-state index in [2.05, 4.69) is 11.6 Å². The summed E-state index contributed by atoms with van der Waals surface area (Å²) in [6.07, 6.45) is -7.98. The van der Waals surface area contributed by atoms with Crippen molar-refractivity contribution in [2.75, 3.05) is 0 Å². The maximum Gasteiger partial charge on any atom is 0.409 e. The maximum atomic E-state index is 12.3. The predicted octanol–water partition coefficient (Wildman–Crippen LogP) is 4.21. The summed E-state index contributed by atoms with van der Waals surface area (Å²) in [5.74, 6) is -11.9. The van der Waals surface area contributed by atoms with Gasteiger partial charge in [0.25, 0.3) is 0 Å². The topological polar surface area (TPSA) is 0 Å². The van der Waals surface area contributed by atoms with Crippen LogP contribution in [0.15, 0.2) is 12.2 Å². The molecule has 0 N–H and O–H groups in total. The van der Waals surface area contributed by atoms with Crippen LogP contribution in [-0.4, -0.2) is 23.4 Å². The van der Waals surface area contributed by atoms with Crippen molar-refractivity contribution < 1.29 is 39.5 Å². The van der Waals surface area contributed by atoms with Crippen LogP contribution in [0.1, 0.15) is 0 Å². The van der Waals surface area contributed by atoms with Crippen molar-refractivity contribution in [3.63, 3.8) is 0 Å². The minimum absolute atomic E-state index is 1.27. The molecule has 0 amide bonds. The number of hydrogen-bond acceptors (Lipinski definition) is 0. The Hall–Kier alpha value is -0.600. The molecule has 0 radical (unpaired) electrons. The van der Waals surface area contributed by atoms with Crippen molar-refractivity contribution in [2.45, 2.75) is 23.4 Å². The van der Waals surface area contributed by atoms with E-state index in [1.165, 1.54) is 0 Å². The second-order valence-electron chi connectivity index (χ2n) is 2.57. The number of alkyl halides is 10. The van der Waals surface area contributed by atoms with E-state index in [0.29, 0.717) is 0 Å². The molecule has 0 saturated carbocycles. The second kappa shape index (κ2) is 4.01. The van der Waals surface area contributed by atoms with Crippen molar-refractivity contribution in [2.24, 2.45) is 0 Å². The van der Waals surface area contributed by atoms with Gasteiger partial charge in [0.05, 0.1) is 0 Å². The molecule has 0 heterocycles. The molecule has 0 nitrogen and oxygen atoms in total. The van der Waals surface area contributed by atoms with E-state index in [1.54, 1.807) is 0 Å². The van der Waals surface area contributed by atoms with Gasteiger partial charge < -0.3 is 0 Å². The molecule has 0 aliphatic carbocycles. The standard InChI is InChI=1S/C6H2ClF9/c7-6(15,16)5(13,14)3(8,9)1-2-4(10,11)12/h1-2H. The summed E-state index contributed by atoms with van der Waals surface area (Å²) in [4.78, 5) is 0. The highest BCUT2D eigenvalue weighted by Crippen LogP contribution is 2.48. The molecule has 0 fully saturated rings. The van der Waals surface area contributed by atoms with Crippen molar-refractivity contribution >= 4 is 11.6 Å². The Morgan fingerprint density at radius 2 is 1.06 bits per heavy atom. The van der Waals surface area contributed by atoms with Crippen LogP contribution in [0, 0.1) is 0 Å². The van der Waals surface area contributed by atoms with Gasteiger partial charge in [0.15, 0.2) is 0 Å². The minimum Gasteiger partial charge on any atom is -0.195 e. The lowest BCUT2D eigenvalue weighted by Crippen LogP contribution is -2.50. The zero-order valence-corrected chi connectivity index (χ0v) is 7.69.